The first-order chi connectivity index (χ1) is 7.74. The molecule has 2 N–H and O–H groups in total. The molecule has 0 aliphatic rings. The number of thiophene rings is 1. The van der Waals surface area contributed by atoms with Gasteiger partial charge in [0.25, 0.3) is 0 Å². The van der Waals surface area contributed by atoms with Gasteiger partial charge in [0.05, 0.1) is 12.8 Å². The quantitative estimate of drug-likeness (QED) is 0.771. The predicted molar refractivity (Wildman–Crippen MR) is 64.5 cm³/mol. The highest BCUT2D eigenvalue weighted by Crippen LogP contribution is 2.30. The van der Waals surface area contributed by atoms with Gasteiger partial charge in [-0.05, 0) is 0 Å². The third-order valence-corrected chi connectivity index (χ3v) is 2.82. The van der Waals surface area contributed by atoms with Gasteiger partial charge in [-0.15, -0.1) is 11.3 Å². The van der Waals surface area contributed by atoms with E-state index in [4.69, 9.17) is 5.73 Å². The lowest BCUT2D eigenvalue weighted by molar-refractivity contribution is 0.0607. The molecule has 2 aromatic rings. The highest BCUT2D eigenvalue weighted by atomic mass is 32.1. The van der Waals surface area contributed by atoms with Gasteiger partial charge in [-0.2, -0.15) is 0 Å². The van der Waals surface area contributed by atoms with E-state index in [0.29, 0.717) is 20.9 Å². The van der Waals surface area contributed by atoms with Gasteiger partial charge in [-0.3, -0.25) is 0 Å². The van der Waals surface area contributed by atoms with Crippen LogP contribution in [0.1, 0.15) is 23.5 Å². The summed E-state index contributed by atoms with van der Waals surface area (Å²) in [6.45, 7) is 4.00. The Hall–Kier alpha value is -1.69. The normalized spacial score (nSPS) is 9.44. The van der Waals surface area contributed by atoms with Crippen LogP contribution in [0.2, 0.25) is 0 Å². The molecule has 2 aromatic heterocycles. The van der Waals surface area contributed by atoms with E-state index in [2.05, 4.69) is 14.7 Å². The van der Waals surface area contributed by atoms with Crippen molar-refractivity contribution in [3.05, 3.63) is 17.3 Å². The van der Waals surface area contributed by atoms with E-state index in [1.165, 1.54) is 24.6 Å². The van der Waals surface area contributed by atoms with Crippen molar-refractivity contribution < 1.29 is 9.53 Å². The minimum absolute atomic E-state index is 0.338. The van der Waals surface area contributed by atoms with Crippen molar-refractivity contribution >= 4 is 33.3 Å². The lowest BCUT2D eigenvalue weighted by atomic mass is 10.3. The van der Waals surface area contributed by atoms with E-state index in [1.54, 1.807) is 6.20 Å². The Balaban J connectivity index is 0.000000606. The number of nitrogen functional groups attached to an aromatic ring is 1. The fourth-order valence-corrected chi connectivity index (χ4v) is 2.03. The summed E-state index contributed by atoms with van der Waals surface area (Å²) in [6, 6.07) is 0. The summed E-state index contributed by atoms with van der Waals surface area (Å²) >= 11 is 1.18. The van der Waals surface area contributed by atoms with Crippen molar-refractivity contribution in [1.29, 1.82) is 0 Å². The topological polar surface area (TPSA) is 78.1 Å². The average Bonchev–Trinajstić information content (AvgIpc) is 2.69. The third-order valence-electron chi connectivity index (χ3n) is 1.73. The monoisotopic (exact) mass is 239 g/mol. The van der Waals surface area contributed by atoms with Crippen molar-refractivity contribution in [2.75, 3.05) is 12.8 Å². The largest absolute Gasteiger partial charge is 0.465 e. The molecule has 5 nitrogen and oxygen atoms in total. The zero-order chi connectivity index (χ0) is 12.1. The summed E-state index contributed by atoms with van der Waals surface area (Å²) in [4.78, 5) is 20.3. The molecule has 0 radical (unpaired) electrons. The molecule has 0 unspecified atom stereocenters. The van der Waals surface area contributed by atoms with Crippen LogP contribution in [0.5, 0.6) is 0 Å². The Morgan fingerprint density at radius 2 is 2.00 bits per heavy atom. The number of ether oxygens (including phenoxy) is 1. The molecule has 0 amide bonds. The Morgan fingerprint density at radius 1 is 1.38 bits per heavy atom. The van der Waals surface area contributed by atoms with Crippen LogP contribution >= 0.6 is 11.3 Å². The first kappa shape index (κ1) is 12.4. The number of fused-ring (bicyclic) bond motifs is 1. The molecule has 16 heavy (non-hydrogen) atoms. The number of carbonyl (C=O) groups is 1. The highest BCUT2D eigenvalue weighted by molar-refractivity contribution is 7.21. The fraction of sp³-hybridized carbons (Fsp3) is 0.300. The molecular weight excluding hydrogens is 226 g/mol. The summed E-state index contributed by atoms with van der Waals surface area (Å²) in [5, 5.41) is 0. The minimum atomic E-state index is -0.452. The second-order valence-electron chi connectivity index (χ2n) is 2.55. The number of aromatic nitrogens is 2. The number of carbonyl (C=O) groups excluding carboxylic acids is 1. The fourth-order valence-electron chi connectivity index (χ4n) is 1.09. The van der Waals surface area contributed by atoms with Crippen LogP contribution in [0, 0.1) is 0 Å². The van der Waals surface area contributed by atoms with Crippen LogP contribution in [0.15, 0.2) is 12.4 Å². The smallest absolute Gasteiger partial charge is 0.350 e. The molecule has 2 heterocycles. The molecule has 0 aliphatic heterocycles. The van der Waals surface area contributed by atoms with Crippen LogP contribution in [0.4, 0.5) is 5.69 Å². The first-order valence-corrected chi connectivity index (χ1v) is 5.63. The van der Waals surface area contributed by atoms with Gasteiger partial charge >= 0.3 is 5.97 Å². The molecule has 0 aliphatic carbocycles. The van der Waals surface area contributed by atoms with Gasteiger partial charge in [0.15, 0.2) is 0 Å². The number of methoxy groups -OCH3 is 1. The maximum atomic E-state index is 11.3. The number of hydrogen-bond acceptors (Lipinski definition) is 6. The van der Waals surface area contributed by atoms with Crippen molar-refractivity contribution in [3.63, 3.8) is 0 Å². The highest BCUT2D eigenvalue weighted by Gasteiger charge is 2.17. The predicted octanol–water partition coefficient (Wildman–Crippen LogP) is 2.09. The van der Waals surface area contributed by atoms with Crippen molar-refractivity contribution in [1.82, 2.24) is 9.97 Å². The molecule has 0 aromatic carbocycles. The molecule has 0 fully saturated rings. The van der Waals surface area contributed by atoms with E-state index in [-0.39, 0.29) is 0 Å². The van der Waals surface area contributed by atoms with E-state index in [1.807, 2.05) is 13.8 Å². The second kappa shape index (κ2) is 5.41. The van der Waals surface area contributed by atoms with Crippen LogP contribution in [0.3, 0.4) is 0 Å². The van der Waals surface area contributed by atoms with Gasteiger partial charge in [-0.25, -0.2) is 14.8 Å². The summed E-state index contributed by atoms with van der Waals surface area (Å²) in [5.74, 6) is -0.452. The van der Waals surface area contributed by atoms with Crippen LogP contribution in [-0.2, 0) is 4.74 Å². The number of nitrogens with two attached hydrogens (primary N) is 1. The standard InChI is InChI=1S/C8H7N3O2S.C2H6/c1-13-8(12)6-4(9)5-7(14-6)11-3-2-10-5;1-2/h2-3H,9H2,1H3;1-2H3. The summed E-state index contributed by atoms with van der Waals surface area (Å²) in [5.41, 5.74) is 6.61. The first-order valence-electron chi connectivity index (χ1n) is 4.81. The molecule has 0 saturated heterocycles. The lowest BCUT2D eigenvalue weighted by Gasteiger charge is -1.94. The molecule has 0 bridgehead atoms. The van der Waals surface area contributed by atoms with Crippen LogP contribution in [-0.4, -0.2) is 23.0 Å². The van der Waals surface area contributed by atoms with Crippen molar-refractivity contribution in [2.45, 2.75) is 13.8 Å². The van der Waals surface area contributed by atoms with Gasteiger partial charge in [0, 0.05) is 12.4 Å². The Kier molecular flexibility index (Phi) is 4.19. The molecule has 0 saturated carbocycles. The SMILES string of the molecule is CC.COC(=O)c1sc2nccnc2c1N. The maximum absolute atomic E-state index is 11.3. The van der Waals surface area contributed by atoms with E-state index >= 15 is 0 Å². The zero-order valence-electron chi connectivity index (χ0n) is 9.35. The van der Waals surface area contributed by atoms with Crippen molar-refractivity contribution in [3.8, 4) is 0 Å². The van der Waals surface area contributed by atoms with E-state index < -0.39 is 5.97 Å². The Labute approximate surface area is 97.3 Å². The Bertz CT molecular complexity index is 496. The number of rotatable bonds is 1. The Morgan fingerprint density at radius 3 is 2.56 bits per heavy atom. The number of esters is 1. The summed E-state index contributed by atoms with van der Waals surface area (Å²) < 4.78 is 4.58. The van der Waals surface area contributed by atoms with Gasteiger partial charge in [-0.1, -0.05) is 13.8 Å². The second-order valence-corrected chi connectivity index (χ2v) is 3.55. The molecule has 86 valence electrons. The van der Waals surface area contributed by atoms with Crippen molar-refractivity contribution in [2.24, 2.45) is 0 Å². The number of nitrogens with zero attached hydrogens (tertiary/aromatic N) is 2. The summed E-state index contributed by atoms with van der Waals surface area (Å²) in [7, 11) is 1.31. The lowest BCUT2D eigenvalue weighted by Crippen LogP contribution is -2.01. The molecule has 2 rings (SSSR count). The van der Waals surface area contributed by atoms with Crippen LogP contribution in [0.25, 0.3) is 10.3 Å². The van der Waals surface area contributed by atoms with E-state index in [9.17, 15) is 4.79 Å². The zero-order valence-corrected chi connectivity index (χ0v) is 10.2. The van der Waals surface area contributed by atoms with Crippen LogP contribution < -0.4 is 5.73 Å². The van der Waals surface area contributed by atoms with E-state index in [0.717, 1.165) is 0 Å². The molecule has 6 heteroatoms. The molecule has 0 atom stereocenters. The van der Waals surface area contributed by atoms with Gasteiger partial charge in [0.2, 0.25) is 0 Å². The number of anilines is 1. The third kappa shape index (κ3) is 2.11. The van der Waals surface area contributed by atoms with Gasteiger partial charge in [0.1, 0.15) is 15.2 Å². The van der Waals surface area contributed by atoms with Gasteiger partial charge < -0.3 is 10.5 Å². The average molecular weight is 239 g/mol. The summed E-state index contributed by atoms with van der Waals surface area (Å²) in [6.07, 6.45) is 3.09. The molecule has 0 spiro atoms. The maximum Gasteiger partial charge on any atom is 0.350 e. The minimum Gasteiger partial charge on any atom is -0.465 e. The molecular formula is C10H13N3O2S. The number of hydrogen-bond donors (Lipinski definition) is 1.